The molecule has 0 bridgehead atoms. The van der Waals surface area contributed by atoms with Gasteiger partial charge in [-0.1, -0.05) is 35.4 Å². The Labute approximate surface area is 177 Å². The highest BCUT2D eigenvalue weighted by molar-refractivity contribution is 7.80. The van der Waals surface area contributed by atoms with Gasteiger partial charge in [-0.2, -0.15) is 12.6 Å². The number of aryl methyl sites for hydroxylation is 6. The zero-order valence-electron chi connectivity index (χ0n) is 18.7. The lowest BCUT2D eigenvalue weighted by Crippen LogP contribution is -2.36. The Morgan fingerprint density at radius 2 is 1.14 bits per heavy atom. The smallest absolute Gasteiger partial charge is 0.0610 e. The first-order chi connectivity index (χ1) is 13.2. The highest BCUT2D eigenvalue weighted by Gasteiger charge is 2.12. The van der Waals surface area contributed by atoms with Crippen LogP contribution in [0, 0.1) is 41.5 Å². The molecular formula is C24H37N3S. The molecule has 0 saturated carbocycles. The minimum absolute atomic E-state index is 0.730. The number of likely N-dealkylation sites (N-methyl/N-ethyl adjacent to an activating group) is 1. The number of hydrogen-bond acceptors (Lipinski definition) is 4. The fourth-order valence-electron chi connectivity index (χ4n) is 4.40. The first-order valence-electron chi connectivity index (χ1n) is 10.2. The summed E-state index contributed by atoms with van der Waals surface area (Å²) in [6.45, 7) is 17.0. The Kier molecular flexibility index (Phi) is 8.26. The molecule has 0 spiro atoms. The molecule has 2 aromatic rings. The molecule has 0 radical (unpaired) electrons. The van der Waals surface area contributed by atoms with Crippen LogP contribution in [0.1, 0.15) is 33.4 Å². The second kappa shape index (κ2) is 10.2. The average Bonchev–Trinajstić information content (AvgIpc) is 2.58. The van der Waals surface area contributed by atoms with Gasteiger partial charge in [0.15, 0.2) is 0 Å². The van der Waals surface area contributed by atoms with Crippen molar-refractivity contribution >= 4 is 24.0 Å². The van der Waals surface area contributed by atoms with Crippen LogP contribution < -0.4 is 15.1 Å². The third-order valence-corrected chi connectivity index (χ3v) is 5.66. The van der Waals surface area contributed by atoms with Gasteiger partial charge in [0.1, 0.15) is 0 Å². The largest absolute Gasteiger partial charge is 0.373 e. The van der Waals surface area contributed by atoms with E-state index in [4.69, 9.17) is 0 Å². The first-order valence-corrected chi connectivity index (χ1v) is 10.8. The summed E-state index contributed by atoms with van der Waals surface area (Å²) >= 11 is 4.57. The van der Waals surface area contributed by atoms with Crippen LogP contribution in [0.25, 0.3) is 0 Å². The second-order valence-corrected chi connectivity index (χ2v) is 8.35. The highest BCUT2D eigenvalue weighted by Crippen LogP contribution is 2.27. The molecule has 0 aromatic heterocycles. The Bertz CT molecular complexity index is 754. The van der Waals surface area contributed by atoms with Crippen LogP contribution in [0.15, 0.2) is 24.3 Å². The highest BCUT2D eigenvalue weighted by atomic mass is 32.1. The molecule has 4 heteroatoms. The third-order valence-electron chi connectivity index (χ3n) is 5.32. The van der Waals surface area contributed by atoms with E-state index in [1.807, 2.05) is 0 Å². The van der Waals surface area contributed by atoms with Crippen molar-refractivity contribution in [2.45, 2.75) is 41.5 Å². The summed E-state index contributed by atoms with van der Waals surface area (Å²) in [6.07, 6.45) is 0. The molecule has 0 atom stereocenters. The molecule has 3 nitrogen and oxygen atoms in total. The summed E-state index contributed by atoms with van der Waals surface area (Å²) in [5, 5.41) is 3.60. The minimum Gasteiger partial charge on any atom is -0.373 e. The lowest BCUT2D eigenvalue weighted by atomic mass is 10.0. The van der Waals surface area contributed by atoms with Crippen LogP contribution in [0.4, 0.5) is 11.4 Å². The molecular weight excluding hydrogens is 362 g/mol. The number of rotatable bonds is 9. The number of benzene rings is 2. The number of anilines is 2. The van der Waals surface area contributed by atoms with Crippen LogP contribution >= 0.6 is 12.6 Å². The van der Waals surface area contributed by atoms with Gasteiger partial charge in [0.05, 0.1) is 5.88 Å². The maximum absolute atomic E-state index is 4.57. The zero-order valence-corrected chi connectivity index (χ0v) is 19.6. The topological polar surface area (TPSA) is 18.5 Å². The minimum atomic E-state index is 0.730. The summed E-state index contributed by atoms with van der Waals surface area (Å²) in [6, 6.07) is 9.05. The predicted molar refractivity (Wildman–Crippen MR) is 129 cm³/mol. The van der Waals surface area contributed by atoms with Gasteiger partial charge in [-0.15, -0.1) is 0 Å². The second-order valence-electron chi connectivity index (χ2n) is 8.07. The first kappa shape index (κ1) is 22.6. The van der Waals surface area contributed by atoms with Crippen molar-refractivity contribution in [2.24, 2.45) is 0 Å². The van der Waals surface area contributed by atoms with Gasteiger partial charge in [-0.25, -0.2) is 0 Å². The van der Waals surface area contributed by atoms with Crippen LogP contribution in [0.5, 0.6) is 0 Å². The van der Waals surface area contributed by atoms with E-state index in [1.54, 1.807) is 0 Å². The van der Waals surface area contributed by atoms with Crippen LogP contribution in [0.2, 0.25) is 0 Å². The van der Waals surface area contributed by atoms with E-state index < -0.39 is 0 Å². The molecule has 28 heavy (non-hydrogen) atoms. The van der Waals surface area contributed by atoms with Gasteiger partial charge in [0.25, 0.3) is 0 Å². The van der Waals surface area contributed by atoms with Gasteiger partial charge >= 0.3 is 0 Å². The molecule has 0 saturated heterocycles. The van der Waals surface area contributed by atoms with Gasteiger partial charge in [0, 0.05) is 44.6 Å². The fraction of sp³-hybridized carbons (Fsp3) is 0.500. The number of nitrogens with zero attached hydrogens (tertiary/aromatic N) is 2. The van der Waals surface area contributed by atoms with E-state index in [0.29, 0.717) is 0 Å². The lowest BCUT2D eigenvalue weighted by Gasteiger charge is -2.27. The molecule has 0 amide bonds. The molecule has 0 fully saturated rings. The normalized spacial score (nSPS) is 11.0. The van der Waals surface area contributed by atoms with Gasteiger partial charge in [-0.3, -0.25) is 0 Å². The maximum Gasteiger partial charge on any atom is 0.0610 e. The molecule has 154 valence electrons. The van der Waals surface area contributed by atoms with E-state index in [0.717, 1.165) is 32.1 Å². The monoisotopic (exact) mass is 399 g/mol. The number of thiol groups is 1. The van der Waals surface area contributed by atoms with Crippen molar-refractivity contribution in [1.29, 1.82) is 0 Å². The Morgan fingerprint density at radius 3 is 1.61 bits per heavy atom. The van der Waals surface area contributed by atoms with E-state index in [9.17, 15) is 0 Å². The standard InChI is InChI=1S/C24H37N3S/c1-17-12-19(3)23(20(4)13-17)26(7)10-8-25-9-11-27(16-28)24-21(5)14-18(2)15-22(24)6/h12-15,25,28H,8-11,16H2,1-7H3. The quantitative estimate of drug-likeness (QED) is 0.353. The van der Waals surface area contributed by atoms with E-state index >= 15 is 0 Å². The van der Waals surface area contributed by atoms with Gasteiger partial charge in [-0.05, 0) is 63.8 Å². The third kappa shape index (κ3) is 5.68. The molecule has 0 heterocycles. The molecule has 0 unspecified atom stereocenters. The zero-order chi connectivity index (χ0) is 20.8. The maximum atomic E-state index is 4.57. The van der Waals surface area contributed by atoms with Crippen molar-refractivity contribution in [3.05, 3.63) is 57.6 Å². The van der Waals surface area contributed by atoms with Crippen LogP contribution in [-0.2, 0) is 0 Å². The summed E-state index contributed by atoms with van der Waals surface area (Å²) in [5.74, 6) is 0.730. The van der Waals surface area contributed by atoms with Gasteiger partial charge in [0.2, 0.25) is 0 Å². The summed E-state index contributed by atoms with van der Waals surface area (Å²) in [7, 11) is 2.19. The summed E-state index contributed by atoms with van der Waals surface area (Å²) in [5.41, 5.74) is 10.7. The molecule has 0 aliphatic rings. The van der Waals surface area contributed by atoms with Crippen molar-refractivity contribution in [3.8, 4) is 0 Å². The van der Waals surface area contributed by atoms with Crippen molar-refractivity contribution < 1.29 is 0 Å². The van der Waals surface area contributed by atoms with Crippen molar-refractivity contribution in [3.63, 3.8) is 0 Å². The fourth-order valence-corrected chi connectivity index (χ4v) is 4.68. The summed E-state index contributed by atoms with van der Waals surface area (Å²) in [4.78, 5) is 4.72. The van der Waals surface area contributed by atoms with Crippen molar-refractivity contribution in [2.75, 3.05) is 48.9 Å². The van der Waals surface area contributed by atoms with E-state index in [2.05, 4.69) is 101 Å². The van der Waals surface area contributed by atoms with E-state index in [1.165, 1.54) is 44.8 Å². The van der Waals surface area contributed by atoms with Crippen molar-refractivity contribution in [1.82, 2.24) is 5.32 Å². The number of nitrogens with one attached hydrogen (secondary N) is 1. The Morgan fingerprint density at radius 1 is 0.714 bits per heavy atom. The Hall–Kier alpha value is -1.65. The predicted octanol–water partition coefficient (Wildman–Crippen LogP) is 4.96. The Balaban J connectivity index is 1.87. The molecule has 0 aliphatic carbocycles. The van der Waals surface area contributed by atoms with Crippen LogP contribution in [-0.4, -0.2) is 39.1 Å². The number of hydrogen-bond donors (Lipinski definition) is 2. The molecule has 2 aromatic carbocycles. The average molecular weight is 400 g/mol. The van der Waals surface area contributed by atoms with E-state index in [-0.39, 0.29) is 0 Å². The molecule has 1 N–H and O–H groups in total. The molecule has 0 aliphatic heterocycles. The SMILES string of the molecule is Cc1cc(C)c(N(C)CCNCCN(CS)c2c(C)cc(C)cc2C)c(C)c1. The molecule has 2 rings (SSSR count). The summed E-state index contributed by atoms with van der Waals surface area (Å²) < 4.78 is 0. The van der Waals surface area contributed by atoms with Crippen LogP contribution in [0.3, 0.4) is 0 Å². The lowest BCUT2D eigenvalue weighted by molar-refractivity contribution is 0.666. The van der Waals surface area contributed by atoms with Gasteiger partial charge < -0.3 is 15.1 Å².